The van der Waals surface area contributed by atoms with Gasteiger partial charge >= 0.3 is 5.97 Å². The van der Waals surface area contributed by atoms with Crippen LogP contribution in [0.3, 0.4) is 0 Å². The van der Waals surface area contributed by atoms with E-state index in [1.165, 1.54) is 22.9 Å². The lowest BCUT2D eigenvalue weighted by Crippen LogP contribution is -2.61. The van der Waals surface area contributed by atoms with Gasteiger partial charge in [0.2, 0.25) is 23.6 Å². The average molecular weight is 646 g/mol. The number of nitrogens with one attached hydrogen (secondary N) is 4. The van der Waals surface area contributed by atoms with Crippen molar-refractivity contribution < 1.29 is 34.2 Å². The highest BCUT2D eigenvalue weighted by Crippen LogP contribution is 2.46. The number of nitrogens with two attached hydrogens (primary N) is 1. The fraction of sp³-hybridized carbons (Fsp3) is 0.433. The number of phenolic OH excluding ortho intramolecular Hbond substituents is 1. The highest BCUT2D eigenvalue weighted by molar-refractivity contribution is 8.77. The SMILES string of the molecule is CC1(C)SSC(C)(C)[C@H](C(=O)O)NC(=O)[C@H](Cc2ccccc2)NC(=O)CNC(=O)[C@H]1NC(=O)[C@@H](N)Cc1ccc(O)cc1. The summed E-state index contributed by atoms with van der Waals surface area (Å²) < 4.78 is -2.14. The van der Waals surface area contributed by atoms with Crippen molar-refractivity contribution in [3.63, 3.8) is 0 Å². The minimum atomic E-state index is -1.36. The Morgan fingerprint density at radius 1 is 0.932 bits per heavy atom. The zero-order valence-corrected chi connectivity index (χ0v) is 26.6. The Bertz CT molecular complexity index is 1360. The second kappa shape index (κ2) is 14.8. The highest BCUT2D eigenvalue weighted by Gasteiger charge is 2.44. The molecule has 0 unspecified atom stereocenters. The van der Waals surface area contributed by atoms with Crippen LogP contribution in [0.1, 0.15) is 38.8 Å². The Hall–Kier alpha value is -3.75. The maximum absolute atomic E-state index is 13.5. The van der Waals surface area contributed by atoms with Crippen LogP contribution in [0.25, 0.3) is 0 Å². The molecule has 1 aliphatic rings. The molecule has 0 bridgehead atoms. The Morgan fingerprint density at radius 3 is 2.16 bits per heavy atom. The molecule has 4 atom stereocenters. The van der Waals surface area contributed by atoms with Crippen molar-refractivity contribution in [2.45, 2.75) is 74.2 Å². The second-order valence-electron chi connectivity index (χ2n) is 11.6. The Labute approximate surface area is 264 Å². The number of carbonyl (C=O) groups excluding carboxylic acids is 4. The highest BCUT2D eigenvalue weighted by atomic mass is 33.1. The first-order valence-electron chi connectivity index (χ1n) is 13.9. The van der Waals surface area contributed by atoms with Crippen molar-refractivity contribution in [1.82, 2.24) is 21.3 Å². The molecule has 1 heterocycles. The predicted molar refractivity (Wildman–Crippen MR) is 170 cm³/mol. The van der Waals surface area contributed by atoms with Gasteiger partial charge < -0.3 is 37.2 Å². The van der Waals surface area contributed by atoms with Gasteiger partial charge in [-0.3, -0.25) is 19.2 Å². The fourth-order valence-corrected chi connectivity index (χ4v) is 7.26. The number of benzene rings is 2. The van der Waals surface area contributed by atoms with E-state index in [1.807, 2.05) is 0 Å². The summed E-state index contributed by atoms with van der Waals surface area (Å²) in [6, 6.07) is 10.5. The van der Waals surface area contributed by atoms with Crippen LogP contribution in [0, 0.1) is 0 Å². The Morgan fingerprint density at radius 2 is 1.55 bits per heavy atom. The predicted octanol–water partition coefficient (Wildman–Crippen LogP) is 1.11. The van der Waals surface area contributed by atoms with Crippen molar-refractivity contribution in [2.75, 3.05) is 6.54 Å². The van der Waals surface area contributed by atoms with E-state index in [4.69, 9.17) is 5.73 Å². The van der Waals surface area contributed by atoms with Crippen LogP contribution in [0.4, 0.5) is 0 Å². The van der Waals surface area contributed by atoms with Gasteiger partial charge in [-0.15, -0.1) is 0 Å². The minimum Gasteiger partial charge on any atom is -0.508 e. The van der Waals surface area contributed by atoms with E-state index in [1.54, 1.807) is 70.2 Å². The molecular weight excluding hydrogens is 606 g/mol. The van der Waals surface area contributed by atoms with Crippen molar-refractivity contribution in [1.29, 1.82) is 0 Å². The number of amides is 4. The van der Waals surface area contributed by atoms with Crippen LogP contribution in [0.2, 0.25) is 0 Å². The maximum atomic E-state index is 13.5. The lowest BCUT2D eigenvalue weighted by molar-refractivity contribution is -0.143. The number of carboxylic acids is 1. The molecule has 0 spiro atoms. The van der Waals surface area contributed by atoms with Crippen LogP contribution in [0.5, 0.6) is 5.75 Å². The third-order valence-corrected chi connectivity index (χ3v) is 11.3. The topological polar surface area (TPSA) is 200 Å². The quantitative estimate of drug-likeness (QED) is 0.214. The summed E-state index contributed by atoms with van der Waals surface area (Å²) in [4.78, 5) is 65.4. The van der Waals surface area contributed by atoms with Gasteiger partial charge in [0.05, 0.1) is 17.3 Å². The van der Waals surface area contributed by atoms with Crippen LogP contribution in [0.15, 0.2) is 54.6 Å². The van der Waals surface area contributed by atoms with Gasteiger partial charge in [-0.1, -0.05) is 64.1 Å². The summed E-state index contributed by atoms with van der Waals surface area (Å²) in [6.45, 7) is 6.21. The molecule has 0 aliphatic carbocycles. The molecule has 0 radical (unpaired) electrons. The minimum absolute atomic E-state index is 0.0718. The van der Waals surface area contributed by atoms with Crippen molar-refractivity contribution >= 4 is 51.2 Å². The molecule has 1 fully saturated rings. The zero-order chi connectivity index (χ0) is 32.7. The number of rotatable bonds is 7. The lowest BCUT2D eigenvalue weighted by Gasteiger charge is -2.38. The smallest absolute Gasteiger partial charge is 0.327 e. The molecule has 1 aliphatic heterocycles. The van der Waals surface area contributed by atoms with E-state index in [2.05, 4.69) is 21.3 Å². The van der Waals surface area contributed by atoms with Crippen LogP contribution in [-0.4, -0.2) is 80.0 Å². The summed E-state index contributed by atoms with van der Waals surface area (Å²) in [5.74, 6) is -3.82. The molecule has 44 heavy (non-hydrogen) atoms. The maximum Gasteiger partial charge on any atom is 0.327 e. The van der Waals surface area contributed by atoms with Crippen LogP contribution in [-0.2, 0) is 36.8 Å². The molecule has 0 aromatic heterocycles. The number of aromatic hydroxyl groups is 1. The number of aliphatic carboxylic acids is 1. The van der Waals surface area contributed by atoms with Crippen LogP contribution < -0.4 is 27.0 Å². The van der Waals surface area contributed by atoms with E-state index in [-0.39, 0.29) is 18.6 Å². The largest absolute Gasteiger partial charge is 0.508 e. The summed E-state index contributed by atoms with van der Waals surface area (Å²) in [5, 5.41) is 30.1. The molecule has 8 N–H and O–H groups in total. The number of hydrogen-bond acceptors (Lipinski definition) is 9. The number of carboxylic acid groups (broad SMARTS) is 1. The molecule has 0 saturated carbocycles. The molecular formula is C30H39N5O7S2. The van der Waals surface area contributed by atoms with E-state index >= 15 is 0 Å². The van der Waals surface area contributed by atoms with Gasteiger partial charge in [-0.25, -0.2) is 4.79 Å². The van der Waals surface area contributed by atoms with Crippen molar-refractivity contribution in [3.05, 3.63) is 65.7 Å². The molecule has 14 heteroatoms. The molecule has 1 saturated heterocycles. The normalized spacial score (nSPS) is 23.2. The molecule has 238 valence electrons. The monoisotopic (exact) mass is 645 g/mol. The first-order valence-corrected chi connectivity index (χ1v) is 16.1. The number of hydrogen-bond donors (Lipinski definition) is 7. The molecule has 3 rings (SSSR count). The van der Waals surface area contributed by atoms with E-state index in [0.29, 0.717) is 5.56 Å². The number of phenols is 1. The average Bonchev–Trinajstić information content (AvgIpc) is 2.96. The third-order valence-electron chi connectivity index (χ3n) is 7.03. The second-order valence-corrected chi connectivity index (χ2v) is 15.0. The van der Waals surface area contributed by atoms with E-state index in [9.17, 15) is 34.2 Å². The Kier molecular flexibility index (Phi) is 11.7. The van der Waals surface area contributed by atoms with Crippen LogP contribution >= 0.6 is 21.6 Å². The Balaban J connectivity index is 1.88. The lowest BCUT2D eigenvalue weighted by atomic mass is 10.00. The molecule has 12 nitrogen and oxygen atoms in total. The summed E-state index contributed by atoms with van der Waals surface area (Å²) >= 11 is 0. The zero-order valence-electron chi connectivity index (χ0n) is 25.0. The van der Waals surface area contributed by atoms with Gasteiger partial charge in [0.25, 0.3) is 0 Å². The van der Waals surface area contributed by atoms with Gasteiger partial charge in [-0.05, 0) is 57.4 Å². The van der Waals surface area contributed by atoms with Gasteiger partial charge in [-0.2, -0.15) is 0 Å². The number of carbonyl (C=O) groups is 5. The standard InChI is InChI=1S/C30H39N5O7S2/c1-29(2)23(34-25(38)20(31)14-18-10-12-19(36)13-11-18)27(40)32-16-22(37)33-21(15-17-8-6-5-7-9-17)26(39)35-24(28(41)42)30(3,4)44-43-29/h5-13,20-21,23-24,36H,14-16,31H2,1-4H3,(H,32,40)(H,33,37)(H,34,38)(H,35,39)(H,41,42)/t20-,21-,23+,24-/m0/s1. The fourth-order valence-electron chi connectivity index (χ4n) is 4.44. The van der Waals surface area contributed by atoms with E-state index < -0.39 is 69.8 Å². The molecule has 2 aromatic rings. The van der Waals surface area contributed by atoms with Crippen molar-refractivity contribution in [3.8, 4) is 5.75 Å². The third kappa shape index (κ3) is 9.63. The molecule has 4 amide bonds. The first-order chi connectivity index (χ1) is 20.6. The van der Waals surface area contributed by atoms with Crippen molar-refractivity contribution in [2.24, 2.45) is 5.73 Å². The first kappa shape index (κ1) is 34.7. The summed E-state index contributed by atoms with van der Waals surface area (Å²) in [5.41, 5.74) is 7.61. The summed E-state index contributed by atoms with van der Waals surface area (Å²) in [7, 11) is 2.32. The summed E-state index contributed by atoms with van der Waals surface area (Å²) in [6.07, 6.45) is 0.229. The molecule has 2 aromatic carbocycles. The van der Waals surface area contributed by atoms with Gasteiger partial charge in [0.1, 0.15) is 23.9 Å². The van der Waals surface area contributed by atoms with E-state index in [0.717, 1.165) is 16.4 Å². The van der Waals surface area contributed by atoms with Gasteiger partial charge in [0.15, 0.2) is 0 Å². The van der Waals surface area contributed by atoms with Gasteiger partial charge in [0, 0.05) is 11.2 Å².